The van der Waals surface area contributed by atoms with Gasteiger partial charge in [-0.05, 0) is 169 Å². The van der Waals surface area contributed by atoms with Gasteiger partial charge in [0.15, 0.2) is 34.6 Å². The van der Waals surface area contributed by atoms with Crippen LogP contribution in [0.4, 0.5) is 0 Å². The van der Waals surface area contributed by atoms with Crippen molar-refractivity contribution in [2.24, 2.45) is 71.0 Å². The topological polar surface area (TPSA) is 593 Å². The molecule has 43 heteroatoms. The lowest BCUT2D eigenvalue weighted by Crippen LogP contribution is -2.58. The minimum absolute atomic E-state index is 0.0805. The molecule has 0 bridgehead atoms. The molecule has 18 atom stereocenters. The fraction of sp³-hybridized carbons (Fsp3) is 0.699. The molecule has 2 heterocycles. The van der Waals surface area contributed by atoms with Crippen LogP contribution in [0.25, 0.3) is 0 Å². The number of pyridine rings is 2. The minimum Gasteiger partial charge on any atom is -0.619 e. The average molecular weight is 2120 g/mol. The van der Waals surface area contributed by atoms with Crippen molar-refractivity contribution in [2.75, 3.05) is 49.9 Å². The summed E-state index contributed by atoms with van der Waals surface area (Å²) in [6.45, 7) is 48.1. The second-order valence-corrected chi connectivity index (χ2v) is 47.5. The van der Waals surface area contributed by atoms with E-state index in [0.717, 1.165) is 43.6 Å². The van der Waals surface area contributed by atoms with Crippen LogP contribution in [0.2, 0.25) is 0 Å². The van der Waals surface area contributed by atoms with Gasteiger partial charge in [0.1, 0.15) is 74.1 Å². The first-order chi connectivity index (χ1) is 67.9. The number of rotatable bonds is 62. The molecule has 146 heavy (non-hydrogen) atoms. The number of carbonyl (C=O) groups is 15. The van der Waals surface area contributed by atoms with Gasteiger partial charge < -0.3 is 90.2 Å². The zero-order valence-corrected chi connectivity index (χ0v) is 93.9. The van der Waals surface area contributed by atoms with Gasteiger partial charge in [0.2, 0.25) is 70.9 Å². The molecule has 3 rings (SSSR count). The van der Waals surface area contributed by atoms with Gasteiger partial charge in [-0.1, -0.05) is 178 Å². The van der Waals surface area contributed by atoms with Gasteiger partial charge in [0, 0.05) is 104 Å². The molecule has 0 aliphatic carbocycles. The summed E-state index contributed by atoms with van der Waals surface area (Å²) in [7, 11) is -10.7. The van der Waals surface area contributed by atoms with E-state index in [1.165, 1.54) is 48.5 Å². The normalized spacial score (nSPS) is 15.4. The zero-order valence-electron chi connectivity index (χ0n) is 91.4. The van der Waals surface area contributed by atoms with Crippen LogP contribution < -0.4 is 89.2 Å². The Morgan fingerprint density at radius 1 is 0.288 bits per heavy atom. The highest BCUT2D eigenvalue weighted by atomic mass is 32.2. The summed E-state index contributed by atoms with van der Waals surface area (Å²) in [5.74, 6) is -9.84. The van der Waals surface area contributed by atoms with Crippen LogP contribution >= 0.6 is 0 Å². The average Bonchev–Trinajstić information content (AvgIpc) is 0.830. The lowest BCUT2D eigenvalue weighted by atomic mass is 9.94. The van der Waals surface area contributed by atoms with Crippen molar-refractivity contribution < 1.29 is 107 Å². The number of amides is 15. The minimum atomic E-state index is -3.74. The highest BCUT2D eigenvalue weighted by Crippen LogP contribution is 2.24. The number of nitrogens with one attached hydrogen (secondary N) is 15. The Morgan fingerprint density at radius 2 is 0.555 bits per heavy atom. The maximum Gasteiger partial charge on any atom is 0.252 e. The van der Waals surface area contributed by atoms with Crippen molar-refractivity contribution in [3.8, 4) is 0 Å². The first-order valence-corrected chi connectivity index (χ1v) is 57.5. The molecule has 0 saturated carbocycles. The third-order valence-electron chi connectivity index (χ3n) is 25.0. The molecular formula is C103H175N17O23S3. The van der Waals surface area contributed by atoms with E-state index in [9.17, 15) is 108 Å². The van der Waals surface area contributed by atoms with E-state index in [1.54, 1.807) is 41.5 Å². The molecule has 0 aliphatic rings. The Hall–Kier alpha value is -11.0. The van der Waals surface area contributed by atoms with E-state index in [0.29, 0.717) is 119 Å². The van der Waals surface area contributed by atoms with Gasteiger partial charge in [0.25, 0.3) is 17.7 Å². The SMILES string of the molecule is CCC[C@H](NC(=O)[C@@H](NC(=O)c1ccc(S(C)(=O)=O)cc1)[C@@H](C)CC)C(=O)N[C@H](CC[C@@H](C)C(=O)N[C@H](C(=O)NCC)C(C)C)CC(C)C.CCNC(=O)[C@@H](NC(=O)[C@H](C)CC[C@H](CC(C)C)NC(=O)[C@H](CCS(C)(=O)=O)NC(=O)[C@@H](NC(=O)c1cc[n+]([O-])cc1)[C@@H](C)CC)C(C)C.CCNC(=O)[C@@H](NC(=O)[C@H](C)CC[C@H](CC(C)C)NC(=O)[C@H](CS(C)(=O)=O)NC(=O)[C@@H](NC(=O)c1cc[n+]([O-])cc1)[C@@H](C)CC)C(C)C. The first kappa shape index (κ1) is 133. The second kappa shape index (κ2) is 66.4. The summed E-state index contributed by atoms with van der Waals surface area (Å²) < 4.78 is 73.5. The predicted octanol–water partition coefficient (Wildman–Crippen LogP) is 6.57. The van der Waals surface area contributed by atoms with Crippen LogP contribution in [0.1, 0.15) is 300 Å². The number of benzene rings is 1. The van der Waals surface area contributed by atoms with Crippen molar-refractivity contribution in [1.82, 2.24) is 79.8 Å². The monoisotopic (exact) mass is 2110 g/mol. The van der Waals surface area contributed by atoms with Crippen molar-refractivity contribution >= 4 is 118 Å². The predicted molar refractivity (Wildman–Crippen MR) is 563 cm³/mol. The number of hydrogen-bond acceptors (Lipinski definition) is 23. The molecule has 0 radical (unpaired) electrons. The Bertz CT molecular complexity index is 5000. The third-order valence-corrected chi connectivity index (χ3v) is 28.1. The molecule has 40 nitrogen and oxygen atoms in total. The summed E-state index contributed by atoms with van der Waals surface area (Å²) in [6, 6.07) is 1.06. The quantitative estimate of drug-likeness (QED) is 0.0210. The fourth-order valence-corrected chi connectivity index (χ4v) is 17.8. The van der Waals surface area contributed by atoms with Crippen LogP contribution in [0, 0.1) is 81.4 Å². The Balaban J connectivity index is 0.00000110. The van der Waals surface area contributed by atoms with Crippen molar-refractivity contribution in [3.63, 3.8) is 0 Å². The van der Waals surface area contributed by atoms with Crippen molar-refractivity contribution in [3.05, 3.63) is 100 Å². The van der Waals surface area contributed by atoms with Gasteiger partial charge in [-0.3, -0.25) is 71.9 Å². The van der Waals surface area contributed by atoms with E-state index in [1.807, 2.05) is 132 Å². The molecule has 0 fully saturated rings. The summed E-state index contributed by atoms with van der Waals surface area (Å²) in [5, 5.41) is 64.7. The van der Waals surface area contributed by atoms with Gasteiger partial charge in [-0.25, -0.2) is 25.3 Å². The number of sulfone groups is 3. The van der Waals surface area contributed by atoms with Gasteiger partial charge in [-0.15, -0.1) is 0 Å². The van der Waals surface area contributed by atoms with E-state index in [2.05, 4.69) is 79.8 Å². The lowest BCUT2D eigenvalue weighted by molar-refractivity contribution is -0.605. The summed E-state index contributed by atoms with van der Waals surface area (Å²) in [5.41, 5.74) is 0.528. The van der Waals surface area contributed by atoms with Crippen molar-refractivity contribution in [1.29, 1.82) is 0 Å². The summed E-state index contributed by atoms with van der Waals surface area (Å²) in [4.78, 5) is 197. The Labute approximate surface area is 867 Å². The number of aromatic nitrogens is 2. The summed E-state index contributed by atoms with van der Waals surface area (Å²) in [6.07, 6.45) is 14.5. The van der Waals surface area contributed by atoms with Gasteiger partial charge in [-0.2, -0.15) is 9.46 Å². The number of carbonyl (C=O) groups excluding carboxylic acids is 15. The third kappa shape index (κ3) is 51.1. The molecular weight excluding hydrogens is 1940 g/mol. The van der Waals surface area contributed by atoms with Gasteiger partial charge in [0.05, 0.1) is 27.5 Å². The molecule has 828 valence electrons. The maximum absolute atomic E-state index is 13.7. The molecule has 15 amide bonds. The van der Waals surface area contributed by atoms with Gasteiger partial charge >= 0.3 is 0 Å². The van der Waals surface area contributed by atoms with Crippen LogP contribution in [-0.2, 0) is 87.0 Å². The van der Waals surface area contributed by atoms with Crippen LogP contribution in [0.5, 0.6) is 0 Å². The van der Waals surface area contributed by atoms with Crippen LogP contribution in [-0.4, -0.2) is 236 Å². The first-order valence-electron chi connectivity index (χ1n) is 51.5. The molecule has 15 N–H and O–H groups in total. The molecule has 0 aliphatic heterocycles. The maximum atomic E-state index is 13.7. The largest absolute Gasteiger partial charge is 0.619 e. The molecule has 3 aromatic rings. The standard InChI is InChI=1S/C36H61N5O7S.C34H58N6O8S.C33H56N6O8S/c1-11-14-29(39-36(46)31(24(8)12-2)41-33(43)26-16-19-28(20-17-26)49(10,47)48)34(44)38-27(21-22(4)5)18-15-25(9)32(42)40-30(23(6)7)35(45)37-13-3;1-10-23(7)29(39-31(42)25-14-17-40(46)18-15-25)34(45)37-27(16-19-49(9,47)48)32(43)36-26(20-21(3)4)13-12-24(8)30(41)38-28(22(5)6)33(44)35-11-2;1-10-22(7)28(38-30(41)24-14-16-39(45)17-15-24)33(44)36-26(19-48(9,46)47)31(42)35-25(18-20(3)4)13-12-23(8)29(40)37-27(21(5)6)32(43)34-11-2/h16-17,19-20,22-25,27,29-31H,11-15,18,21H2,1-10H3,(H,37,45)(H,38,44)(H,39,46)(H,40,42)(H,41,43);14-15,17-18,21-24,26-29H,10-13,16,19-20H2,1-9H3,(H,35,44)(H,36,43)(H,37,45)(H,38,41)(H,39,42);14-17,20-23,25-28H,10-13,18-19H2,1-9H3,(H,34,43)(H,35,42)(H,36,44)(H,37,40)(H,38,41)/t24-,25+,27+,29-,30-,31-;23-,24+,26+,27-,28-,29-;22-,23+,25+,26-,27-,28-/m000/s1. The Morgan fingerprint density at radius 3 is 0.795 bits per heavy atom. The molecule has 0 spiro atoms. The fourth-order valence-electron chi connectivity index (χ4n) is 15.6. The molecule has 0 unspecified atom stereocenters. The Kier molecular flexibility index (Phi) is 60.5. The molecule has 0 saturated heterocycles. The van der Waals surface area contributed by atoms with E-state index in [4.69, 9.17) is 0 Å². The van der Waals surface area contributed by atoms with E-state index >= 15 is 0 Å². The highest BCUT2D eigenvalue weighted by Gasteiger charge is 2.39. The van der Waals surface area contributed by atoms with Crippen LogP contribution in [0.3, 0.4) is 0 Å². The molecule has 1 aromatic carbocycles. The summed E-state index contributed by atoms with van der Waals surface area (Å²) >= 11 is 0. The smallest absolute Gasteiger partial charge is 0.252 e. The van der Waals surface area contributed by atoms with Crippen LogP contribution in [0.15, 0.2) is 78.2 Å². The number of nitrogens with zero attached hydrogens (tertiary/aromatic N) is 2. The second-order valence-electron chi connectivity index (χ2n) is 41.0. The number of hydrogen-bond donors (Lipinski definition) is 15. The van der Waals surface area contributed by atoms with Crippen molar-refractivity contribution in [2.45, 2.75) is 347 Å². The lowest BCUT2D eigenvalue weighted by Gasteiger charge is -2.28. The molecule has 2 aromatic heterocycles. The number of likely N-dealkylation sites (N-methyl/N-ethyl adjacent to an activating group) is 3. The highest BCUT2D eigenvalue weighted by molar-refractivity contribution is 7.91. The zero-order chi connectivity index (χ0) is 112. The van der Waals surface area contributed by atoms with E-state index < -0.39 is 167 Å². The van der Waals surface area contributed by atoms with E-state index in [-0.39, 0.29) is 134 Å².